The summed E-state index contributed by atoms with van der Waals surface area (Å²) in [6, 6.07) is 0.847. The zero-order chi connectivity index (χ0) is 17.2. The SMILES string of the molecule is CC(C)[N-]C[N-]C(C)C.COCCCCC1CCCC1.[CH2-]C.[La+3]. The van der Waals surface area contributed by atoms with E-state index < -0.39 is 0 Å². The molecule has 0 amide bonds. The molecule has 0 aromatic heterocycles. The minimum absolute atomic E-state index is 0. The number of unbranched alkanes of at least 4 members (excludes halogenated alkanes) is 1. The third-order valence-electron chi connectivity index (χ3n) is 3.58. The zero-order valence-corrected chi connectivity index (χ0v) is 20.3. The van der Waals surface area contributed by atoms with E-state index in [-0.39, 0.29) is 35.6 Å². The van der Waals surface area contributed by atoms with Crippen LogP contribution in [0.2, 0.25) is 0 Å². The number of ether oxygens (including phenoxy) is 1. The predicted molar refractivity (Wildman–Crippen MR) is 101 cm³/mol. The maximum atomic E-state index is 5.01. The van der Waals surface area contributed by atoms with Gasteiger partial charge in [0.05, 0.1) is 0 Å². The molecule has 0 unspecified atom stereocenters. The number of methoxy groups -OCH3 is 1. The van der Waals surface area contributed by atoms with Gasteiger partial charge in [0.1, 0.15) is 0 Å². The maximum absolute atomic E-state index is 5.01. The van der Waals surface area contributed by atoms with E-state index in [4.69, 9.17) is 4.74 Å². The Labute approximate surface area is 175 Å². The summed E-state index contributed by atoms with van der Waals surface area (Å²) in [5, 5.41) is 8.40. The third kappa shape index (κ3) is 25.4. The Bertz CT molecular complexity index is 188. The average molecular weight is 452 g/mol. The summed E-state index contributed by atoms with van der Waals surface area (Å²) >= 11 is 0. The topological polar surface area (TPSA) is 37.4 Å². The molecule has 3 nitrogen and oxygen atoms in total. The first-order valence-corrected chi connectivity index (χ1v) is 9.09. The van der Waals surface area contributed by atoms with E-state index in [1.54, 1.807) is 14.0 Å². The van der Waals surface area contributed by atoms with Gasteiger partial charge in [-0.05, 0) is 12.3 Å². The van der Waals surface area contributed by atoms with E-state index in [0.717, 1.165) is 12.5 Å². The van der Waals surface area contributed by atoms with Crippen molar-refractivity contribution in [3.8, 4) is 0 Å². The first-order valence-electron chi connectivity index (χ1n) is 9.09. The van der Waals surface area contributed by atoms with Crippen molar-refractivity contribution in [1.29, 1.82) is 0 Å². The van der Waals surface area contributed by atoms with Crippen LogP contribution in [-0.2, 0) is 4.74 Å². The van der Waals surface area contributed by atoms with Crippen LogP contribution in [0.1, 0.15) is 79.6 Å². The number of hydrogen-bond donors (Lipinski definition) is 0. The fraction of sp³-hybridized carbons (Fsp3) is 0.947. The zero-order valence-electron chi connectivity index (χ0n) is 16.7. The molecule has 0 atom stereocenters. The van der Waals surface area contributed by atoms with Gasteiger partial charge in [-0.3, -0.25) is 6.67 Å². The van der Waals surface area contributed by atoms with Gasteiger partial charge in [-0.15, -0.1) is 12.1 Å². The van der Waals surface area contributed by atoms with E-state index in [0.29, 0.717) is 18.8 Å². The summed E-state index contributed by atoms with van der Waals surface area (Å²) in [4.78, 5) is 0. The van der Waals surface area contributed by atoms with E-state index >= 15 is 0 Å². The van der Waals surface area contributed by atoms with Gasteiger partial charge in [0, 0.05) is 13.7 Å². The maximum Gasteiger partial charge on any atom is 3.00 e. The summed E-state index contributed by atoms with van der Waals surface area (Å²) in [5.41, 5.74) is 0. The first kappa shape index (κ1) is 28.9. The van der Waals surface area contributed by atoms with Gasteiger partial charge in [-0.1, -0.05) is 66.2 Å². The normalized spacial score (nSPS) is 14.0. The summed E-state index contributed by atoms with van der Waals surface area (Å²) < 4.78 is 5.01. The Hall–Kier alpha value is 1.07. The van der Waals surface area contributed by atoms with Crippen molar-refractivity contribution < 1.29 is 40.3 Å². The van der Waals surface area contributed by atoms with Gasteiger partial charge < -0.3 is 22.3 Å². The molecule has 0 aromatic rings. The minimum atomic E-state index is 0. The average Bonchev–Trinajstić information content (AvgIpc) is 2.99. The summed E-state index contributed by atoms with van der Waals surface area (Å²) in [6.07, 6.45) is 10.0. The molecule has 1 saturated carbocycles. The van der Waals surface area contributed by atoms with Crippen LogP contribution in [0.25, 0.3) is 10.6 Å². The monoisotopic (exact) mass is 452 g/mol. The smallest absolute Gasteiger partial charge is 0.678 e. The van der Waals surface area contributed by atoms with Crippen LogP contribution < -0.4 is 0 Å². The minimum Gasteiger partial charge on any atom is -0.678 e. The summed E-state index contributed by atoms with van der Waals surface area (Å²) in [7, 11) is 1.79. The van der Waals surface area contributed by atoms with Crippen molar-refractivity contribution in [1.82, 2.24) is 0 Å². The molecular weight excluding hydrogens is 411 g/mol. The van der Waals surface area contributed by atoms with Crippen molar-refractivity contribution in [3.63, 3.8) is 0 Å². The molecule has 1 fully saturated rings. The van der Waals surface area contributed by atoms with Gasteiger partial charge in [-0.25, -0.2) is 0 Å². The molecular formula is C19H41LaN2O. The Morgan fingerprint density at radius 2 is 1.43 bits per heavy atom. The van der Waals surface area contributed by atoms with Gasteiger partial charge in [0.2, 0.25) is 0 Å². The van der Waals surface area contributed by atoms with Crippen LogP contribution in [-0.4, -0.2) is 32.5 Å². The van der Waals surface area contributed by atoms with Crippen LogP contribution >= 0.6 is 0 Å². The fourth-order valence-corrected chi connectivity index (χ4v) is 2.35. The van der Waals surface area contributed by atoms with Gasteiger partial charge in [-0.2, -0.15) is 6.92 Å². The van der Waals surface area contributed by atoms with Crippen LogP contribution in [0.3, 0.4) is 0 Å². The number of nitrogens with zero attached hydrogens (tertiary/aromatic N) is 2. The molecule has 0 aromatic carbocycles. The second-order valence-corrected chi connectivity index (χ2v) is 6.33. The van der Waals surface area contributed by atoms with Crippen LogP contribution in [0.4, 0.5) is 0 Å². The van der Waals surface area contributed by atoms with Crippen molar-refractivity contribution in [2.45, 2.75) is 91.6 Å². The van der Waals surface area contributed by atoms with E-state index in [9.17, 15) is 0 Å². The van der Waals surface area contributed by atoms with Crippen LogP contribution in [0.15, 0.2) is 0 Å². The van der Waals surface area contributed by atoms with Gasteiger partial charge in [0.15, 0.2) is 0 Å². The number of hydrogen-bond acceptors (Lipinski definition) is 1. The molecule has 0 radical (unpaired) electrons. The van der Waals surface area contributed by atoms with Crippen molar-refractivity contribution >= 4 is 0 Å². The molecule has 1 rings (SSSR count). The van der Waals surface area contributed by atoms with Crippen LogP contribution in [0.5, 0.6) is 0 Å². The first-order chi connectivity index (χ1) is 10.6. The van der Waals surface area contributed by atoms with Crippen molar-refractivity contribution in [3.05, 3.63) is 17.6 Å². The molecule has 0 spiro atoms. The molecule has 23 heavy (non-hydrogen) atoms. The second kappa shape index (κ2) is 23.1. The molecule has 1 aliphatic carbocycles. The molecule has 136 valence electrons. The van der Waals surface area contributed by atoms with Crippen molar-refractivity contribution in [2.24, 2.45) is 5.92 Å². The number of rotatable bonds is 9. The molecule has 0 heterocycles. The van der Waals surface area contributed by atoms with Gasteiger partial charge in [0.25, 0.3) is 0 Å². The third-order valence-corrected chi connectivity index (χ3v) is 3.58. The molecule has 0 saturated heterocycles. The van der Waals surface area contributed by atoms with E-state index in [2.05, 4.69) is 45.3 Å². The molecule has 4 heteroatoms. The predicted octanol–water partition coefficient (Wildman–Crippen LogP) is 6.34. The Morgan fingerprint density at radius 1 is 0.957 bits per heavy atom. The molecule has 0 N–H and O–H groups in total. The standard InChI is InChI=1S/C10H20O.C7H16N2.C2H5.La/c1-11-9-5-4-8-10-6-2-3-7-10;1-6(2)8-5-9-7(3)4;1-2;/h10H,2-9H2,1H3;6-7H,5H2,1-4H3;1H2,2H3;/q;-2;-1;+3. The van der Waals surface area contributed by atoms with Crippen LogP contribution in [0, 0.1) is 48.4 Å². The summed E-state index contributed by atoms with van der Waals surface area (Å²) in [6.45, 7) is 14.9. The Balaban J connectivity index is -0.000000307. The fourth-order valence-electron chi connectivity index (χ4n) is 2.35. The van der Waals surface area contributed by atoms with E-state index in [1.165, 1.54) is 44.9 Å². The van der Waals surface area contributed by atoms with Crippen molar-refractivity contribution in [2.75, 3.05) is 20.4 Å². The Morgan fingerprint density at radius 3 is 1.83 bits per heavy atom. The molecule has 1 aliphatic rings. The largest absolute Gasteiger partial charge is 3.00 e. The Kier molecular flexibility index (Phi) is 29.0. The second-order valence-electron chi connectivity index (χ2n) is 6.33. The van der Waals surface area contributed by atoms with Gasteiger partial charge >= 0.3 is 35.6 Å². The summed E-state index contributed by atoms with van der Waals surface area (Å²) in [5.74, 6) is 1.06. The quantitative estimate of drug-likeness (QED) is 0.297. The molecule has 0 bridgehead atoms. The van der Waals surface area contributed by atoms with E-state index in [1.807, 2.05) is 0 Å². The molecule has 0 aliphatic heterocycles.